The molecule has 1 amide bonds. The van der Waals surface area contributed by atoms with Gasteiger partial charge in [-0.25, -0.2) is 0 Å². The summed E-state index contributed by atoms with van der Waals surface area (Å²) in [4.78, 5) is 24.6. The second-order valence-corrected chi connectivity index (χ2v) is 6.14. The minimum Gasteiger partial charge on any atom is -0.480 e. The molecule has 0 spiro atoms. The third kappa shape index (κ3) is 4.53. The Morgan fingerprint density at radius 1 is 1.55 bits per heavy atom. The molecule has 0 bridgehead atoms. The van der Waals surface area contributed by atoms with Crippen LogP contribution in [0.15, 0.2) is 28.7 Å². The molecule has 0 radical (unpaired) electrons. The monoisotopic (exact) mass is 370 g/mol. The molecular formula is C15H19BrN2O4. The number of carbonyl (C=O) groups is 2. The van der Waals surface area contributed by atoms with Gasteiger partial charge in [0.05, 0.1) is 12.7 Å². The Labute approximate surface area is 137 Å². The van der Waals surface area contributed by atoms with Crippen molar-refractivity contribution in [2.75, 3.05) is 26.2 Å². The number of aliphatic carboxylic acids is 1. The van der Waals surface area contributed by atoms with E-state index in [0.29, 0.717) is 26.2 Å². The number of hydrogen-bond donors (Lipinski definition) is 2. The quantitative estimate of drug-likeness (QED) is 0.819. The van der Waals surface area contributed by atoms with Crippen LogP contribution < -0.4 is 5.32 Å². The Balaban J connectivity index is 2.11. The van der Waals surface area contributed by atoms with E-state index in [2.05, 4.69) is 21.2 Å². The van der Waals surface area contributed by atoms with Crippen molar-refractivity contribution in [1.82, 2.24) is 10.2 Å². The molecule has 1 aliphatic rings. The van der Waals surface area contributed by atoms with E-state index in [1.54, 1.807) is 0 Å². The molecule has 6 nitrogen and oxygen atoms in total. The van der Waals surface area contributed by atoms with Crippen LogP contribution in [0.5, 0.6) is 0 Å². The van der Waals surface area contributed by atoms with E-state index in [0.717, 1.165) is 10.0 Å². The Morgan fingerprint density at radius 2 is 2.32 bits per heavy atom. The number of nitrogens with zero attached hydrogens (tertiary/aromatic N) is 1. The summed E-state index contributed by atoms with van der Waals surface area (Å²) in [6.07, 6.45) is -0.202. The van der Waals surface area contributed by atoms with Gasteiger partial charge in [0, 0.05) is 31.0 Å². The van der Waals surface area contributed by atoms with Gasteiger partial charge >= 0.3 is 5.97 Å². The maximum absolute atomic E-state index is 11.7. The molecule has 2 unspecified atom stereocenters. The van der Waals surface area contributed by atoms with Crippen LogP contribution in [0, 0.1) is 0 Å². The average Bonchev–Trinajstić information content (AvgIpc) is 2.45. The van der Waals surface area contributed by atoms with Crippen molar-refractivity contribution in [1.29, 1.82) is 0 Å². The highest BCUT2D eigenvalue weighted by Gasteiger charge is 2.32. The van der Waals surface area contributed by atoms with E-state index < -0.39 is 12.0 Å². The third-order valence-electron chi connectivity index (χ3n) is 3.51. The van der Waals surface area contributed by atoms with E-state index in [-0.39, 0.29) is 12.0 Å². The van der Waals surface area contributed by atoms with E-state index in [9.17, 15) is 14.7 Å². The van der Waals surface area contributed by atoms with Crippen LogP contribution in [0.1, 0.15) is 18.5 Å². The smallest absolute Gasteiger partial charge is 0.325 e. The normalized spacial score (nSPS) is 20.4. The summed E-state index contributed by atoms with van der Waals surface area (Å²) < 4.78 is 6.44. The second kappa shape index (κ2) is 7.71. The Morgan fingerprint density at radius 3 is 2.95 bits per heavy atom. The maximum atomic E-state index is 11.7. The zero-order chi connectivity index (χ0) is 16.1. The number of carbonyl (C=O) groups excluding carboxylic acids is 1. The van der Waals surface area contributed by atoms with Crippen molar-refractivity contribution in [2.45, 2.75) is 19.1 Å². The molecule has 1 aliphatic heterocycles. The molecule has 0 aliphatic carbocycles. The van der Waals surface area contributed by atoms with Crippen LogP contribution in [0.3, 0.4) is 0 Å². The fourth-order valence-electron chi connectivity index (χ4n) is 2.54. The number of nitrogens with one attached hydrogen (secondary N) is 1. The van der Waals surface area contributed by atoms with Crippen molar-refractivity contribution in [3.05, 3.63) is 34.3 Å². The minimum absolute atomic E-state index is 0.123. The van der Waals surface area contributed by atoms with Crippen molar-refractivity contribution < 1.29 is 19.4 Å². The van der Waals surface area contributed by atoms with Gasteiger partial charge in [-0.1, -0.05) is 28.1 Å². The molecule has 1 aromatic carbocycles. The Bertz CT molecular complexity index is 552. The summed E-state index contributed by atoms with van der Waals surface area (Å²) in [5.74, 6) is -1.01. The zero-order valence-electron chi connectivity index (χ0n) is 12.3. The molecule has 120 valence electrons. The summed E-state index contributed by atoms with van der Waals surface area (Å²) in [6.45, 7) is 3.28. The van der Waals surface area contributed by atoms with Crippen molar-refractivity contribution >= 4 is 27.8 Å². The van der Waals surface area contributed by atoms with Gasteiger partial charge in [-0.05, 0) is 17.7 Å². The summed E-state index contributed by atoms with van der Waals surface area (Å²) in [5, 5.41) is 12.3. The maximum Gasteiger partial charge on any atom is 0.325 e. The van der Waals surface area contributed by atoms with Crippen LogP contribution in [-0.2, 0) is 14.3 Å². The standard InChI is InChI=1S/C15H19BrN2O4/c1-10(19)17-8-13-9-18(5-6-22-13)14(15(20)21)11-3-2-4-12(16)7-11/h2-4,7,13-14H,5-6,8-9H2,1H3,(H,17,19)(H,20,21). The van der Waals surface area contributed by atoms with Gasteiger partial charge in [-0.3, -0.25) is 14.5 Å². The molecule has 2 rings (SSSR count). The number of carboxylic acids is 1. The lowest BCUT2D eigenvalue weighted by atomic mass is 10.0. The van der Waals surface area contributed by atoms with Gasteiger partial charge in [0.2, 0.25) is 5.91 Å². The first kappa shape index (κ1) is 16.9. The fourth-order valence-corrected chi connectivity index (χ4v) is 2.96. The number of rotatable bonds is 5. The second-order valence-electron chi connectivity index (χ2n) is 5.22. The van der Waals surface area contributed by atoms with Gasteiger partial charge in [-0.15, -0.1) is 0 Å². The molecule has 0 saturated carbocycles. The molecule has 2 atom stereocenters. The minimum atomic E-state index is -0.890. The molecule has 1 fully saturated rings. The predicted molar refractivity (Wildman–Crippen MR) is 84.5 cm³/mol. The number of ether oxygens (including phenoxy) is 1. The van der Waals surface area contributed by atoms with Crippen LogP contribution in [0.25, 0.3) is 0 Å². The van der Waals surface area contributed by atoms with Gasteiger partial charge in [0.25, 0.3) is 0 Å². The number of carboxylic acid groups (broad SMARTS) is 1. The van der Waals surface area contributed by atoms with Crippen LogP contribution >= 0.6 is 15.9 Å². The molecule has 2 N–H and O–H groups in total. The lowest BCUT2D eigenvalue weighted by molar-refractivity contribution is -0.147. The SMILES string of the molecule is CC(=O)NCC1CN(C(C(=O)O)c2cccc(Br)c2)CCO1. The fraction of sp³-hybridized carbons (Fsp3) is 0.467. The number of hydrogen-bond acceptors (Lipinski definition) is 4. The summed E-state index contributed by atoms with van der Waals surface area (Å²) >= 11 is 3.37. The Hall–Kier alpha value is -1.44. The predicted octanol–water partition coefficient (Wildman–Crippen LogP) is 1.41. The van der Waals surface area contributed by atoms with E-state index in [1.165, 1.54) is 6.92 Å². The van der Waals surface area contributed by atoms with Crippen LogP contribution in [0.2, 0.25) is 0 Å². The lowest BCUT2D eigenvalue weighted by Gasteiger charge is -2.36. The summed E-state index contributed by atoms with van der Waals surface area (Å²) in [5.41, 5.74) is 0.724. The number of amides is 1. The van der Waals surface area contributed by atoms with Crippen molar-refractivity contribution in [2.24, 2.45) is 0 Å². The molecule has 7 heteroatoms. The molecular weight excluding hydrogens is 352 g/mol. The lowest BCUT2D eigenvalue weighted by Crippen LogP contribution is -2.49. The van der Waals surface area contributed by atoms with Crippen LogP contribution in [0.4, 0.5) is 0 Å². The van der Waals surface area contributed by atoms with Gasteiger partial charge < -0.3 is 15.2 Å². The molecule has 0 aromatic heterocycles. The average molecular weight is 371 g/mol. The van der Waals surface area contributed by atoms with E-state index in [1.807, 2.05) is 29.2 Å². The van der Waals surface area contributed by atoms with Crippen LogP contribution in [-0.4, -0.2) is 54.2 Å². The number of morpholine rings is 1. The van der Waals surface area contributed by atoms with Gasteiger partial charge in [0.15, 0.2) is 0 Å². The summed E-state index contributed by atoms with van der Waals surface area (Å²) in [6, 6.07) is 6.59. The molecule has 1 saturated heterocycles. The molecule has 1 heterocycles. The van der Waals surface area contributed by atoms with E-state index >= 15 is 0 Å². The molecule has 1 aromatic rings. The summed E-state index contributed by atoms with van der Waals surface area (Å²) in [7, 11) is 0. The van der Waals surface area contributed by atoms with Gasteiger partial charge in [-0.2, -0.15) is 0 Å². The number of benzene rings is 1. The zero-order valence-corrected chi connectivity index (χ0v) is 13.9. The largest absolute Gasteiger partial charge is 0.480 e. The highest BCUT2D eigenvalue weighted by Crippen LogP contribution is 2.25. The highest BCUT2D eigenvalue weighted by atomic mass is 79.9. The Kier molecular flexibility index (Phi) is 5.93. The highest BCUT2D eigenvalue weighted by molar-refractivity contribution is 9.10. The topological polar surface area (TPSA) is 78.9 Å². The first-order valence-electron chi connectivity index (χ1n) is 7.05. The van der Waals surface area contributed by atoms with Crippen molar-refractivity contribution in [3.63, 3.8) is 0 Å². The first-order valence-corrected chi connectivity index (χ1v) is 7.85. The first-order chi connectivity index (χ1) is 10.5. The van der Waals surface area contributed by atoms with Crippen molar-refractivity contribution in [3.8, 4) is 0 Å². The van der Waals surface area contributed by atoms with Gasteiger partial charge in [0.1, 0.15) is 6.04 Å². The van der Waals surface area contributed by atoms with E-state index in [4.69, 9.17) is 4.74 Å². The third-order valence-corrected chi connectivity index (χ3v) is 4.01. The number of halogens is 1. The molecule has 22 heavy (non-hydrogen) atoms.